The smallest absolute Gasteiger partial charge is 0.311 e. The fourth-order valence-corrected chi connectivity index (χ4v) is 1.45. The van der Waals surface area contributed by atoms with Gasteiger partial charge in [-0.1, -0.05) is 17.3 Å². The van der Waals surface area contributed by atoms with Crippen LogP contribution in [0.4, 0.5) is 5.69 Å². The third-order valence-electron chi connectivity index (χ3n) is 2.15. The van der Waals surface area contributed by atoms with Gasteiger partial charge in [-0.2, -0.15) is 0 Å². The zero-order chi connectivity index (χ0) is 12.3. The van der Waals surface area contributed by atoms with Crippen LogP contribution in [0.5, 0.6) is 5.95 Å². The molecule has 88 valence electrons. The molecule has 0 bridgehead atoms. The molecule has 0 aliphatic rings. The lowest BCUT2D eigenvalue weighted by Crippen LogP contribution is -1.91. The largest absolute Gasteiger partial charge is 0.464 e. The molecule has 0 aliphatic heterocycles. The molecule has 1 aromatic heterocycles. The zero-order valence-corrected chi connectivity index (χ0v) is 9.12. The first-order valence-corrected chi connectivity index (χ1v) is 5.05. The minimum atomic E-state index is -0.454. The summed E-state index contributed by atoms with van der Waals surface area (Å²) in [7, 11) is 0. The van der Waals surface area contributed by atoms with Gasteiger partial charge in [-0.05, 0) is 13.0 Å². The Morgan fingerprint density at radius 3 is 2.94 bits per heavy atom. The third kappa shape index (κ3) is 2.25. The summed E-state index contributed by atoms with van der Waals surface area (Å²) in [5.41, 5.74) is 0.789. The van der Waals surface area contributed by atoms with Crippen molar-refractivity contribution in [3.63, 3.8) is 0 Å². The van der Waals surface area contributed by atoms with Crippen molar-refractivity contribution in [2.45, 2.75) is 6.92 Å². The van der Waals surface area contributed by atoms with Gasteiger partial charge < -0.3 is 9.26 Å². The normalized spacial score (nSPS) is 10.2. The van der Waals surface area contributed by atoms with Gasteiger partial charge in [0, 0.05) is 6.07 Å². The highest BCUT2D eigenvalue weighted by Gasteiger charge is 2.17. The first-order valence-electron chi connectivity index (χ1n) is 5.05. The van der Waals surface area contributed by atoms with Crippen LogP contribution in [0.25, 0.3) is 11.3 Å². The molecule has 0 spiro atoms. The van der Waals surface area contributed by atoms with Crippen LogP contribution in [0.2, 0.25) is 0 Å². The van der Waals surface area contributed by atoms with E-state index in [1.54, 1.807) is 18.2 Å². The van der Waals surface area contributed by atoms with E-state index in [2.05, 4.69) is 5.16 Å². The highest BCUT2D eigenvalue weighted by Crippen LogP contribution is 2.30. The standard InChI is InChI=1S/C11H10N2O4/c1-2-16-11-7-9(12-17-11)8-5-3-4-6-10(8)13(14)15/h3-7H,2H2,1H3. The average molecular weight is 234 g/mol. The minimum Gasteiger partial charge on any atom is -0.464 e. The van der Waals surface area contributed by atoms with Gasteiger partial charge in [-0.15, -0.1) is 0 Å². The minimum absolute atomic E-state index is 0.0103. The van der Waals surface area contributed by atoms with E-state index >= 15 is 0 Å². The SMILES string of the molecule is CCOc1cc(-c2ccccc2[N+](=O)[O-])no1. The van der Waals surface area contributed by atoms with Crippen molar-refractivity contribution in [2.24, 2.45) is 0 Å². The van der Waals surface area contributed by atoms with Crippen LogP contribution in [-0.2, 0) is 0 Å². The second-order valence-electron chi connectivity index (χ2n) is 3.24. The maximum Gasteiger partial charge on any atom is 0.311 e. The summed E-state index contributed by atoms with van der Waals surface area (Å²) >= 11 is 0. The van der Waals surface area contributed by atoms with Crippen LogP contribution in [-0.4, -0.2) is 16.7 Å². The van der Waals surface area contributed by atoms with Gasteiger partial charge in [0.25, 0.3) is 5.69 Å². The van der Waals surface area contributed by atoms with E-state index in [9.17, 15) is 10.1 Å². The Morgan fingerprint density at radius 1 is 1.47 bits per heavy atom. The summed E-state index contributed by atoms with van der Waals surface area (Å²) in [4.78, 5) is 10.4. The van der Waals surface area contributed by atoms with Crippen LogP contribution in [0, 0.1) is 10.1 Å². The molecule has 1 heterocycles. The highest BCUT2D eigenvalue weighted by molar-refractivity contribution is 5.70. The van der Waals surface area contributed by atoms with Gasteiger partial charge >= 0.3 is 5.95 Å². The van der Waals surface area contributed by atoms with Crippen LogP contribution in [0.1, 0.15) is 6.92 Å². The monoisotopic (exact) mass is 234 g/mol. The molecule has 0 N–H and O–H groups in total. The van der Waals surface area contributed by atoms with Crippen molar-refractivity contribution in [1.29, 1.82) is 0 Å². The topological polar surface area (TPSA) is 78.4 Å². The average Bonchev–Trinajstić information content (AvgIpc) is 2.78. The van der Waals surface area contributed by atoms with Crippen molar-refractivity contribution in [1.82, 2.24) is 5.16 Å². The quantitative estimate of drug-likeness (QED) is 0.600. The van der Waals surface area contributed by atoms with Crippen LogP contribution in [0.15, 0.2) is 34.9 Å². The van der Waals surface area contributed by atoms with E-state index < -0.39 is 4.92 Å². The Balaban J connectivity index is 2.41. The van der Waals surface area contributed by atoms with E-state index in [4.69, 9.17) is 9.26 Å². The van der Waals surface area contributed by atoms with Gasteiger partial charge in [-0.25, -0.2) is 0 Å². The maximum atomic E-state index is 10.8. The summed E-state index contributed by atoms with van der Waals surface area (Å²) in [6.45, 7) is 2.26. The van der Waals surface area contributed by atoms with Crippen LogP contribution in [0.3, 0.4) is 0 Å². The number of hydrogen-bond acceptors (Lipinski definition) is 5. The molecule has 1 aromatic carbocycles. The van der Waals surface area contributed by atoms with Crippen molar-refractivity contribution in [3.8, 4) is 17.2 Å². The van der Waals surface area contributed by atoms with E-state index in [1.165, 1.54) is 12.1 Å². The number of ether oxygens (including phenoxy) is 1. The summed E-state index contributed by atoms with van der Waals surface area (Å²) in [5, 5.41) is 14.6. The summed E-state index contributed by atoms with van der Waals surface area (Å²) < 4.78 is 10.0. The molecule has 0 saturated carbocycles. The van der Waals surface area contributed by atoms with Gasteiger partial charge in [0.1, 0.15) is 5.69 Å². The molecular weight excluding hydrogens is 224 g/mol. The molecule has 0 aliphatic carbocycles. The molecule has 0 atom stereocenters. The number of nitro benzene ring substituents is 1. The number of nitro groups is 1. The first-order chi connectivity index (χ1) is 8.22. The number of para-hydroxylation sites is 1. The van der Waals surface area contributed by atoms with E-state index in [0.29, 0.717) is 17.9 Å². The van der Waals surface area contributed by atoms with Crippen molar-refractivity contribution in [3.05, 3.63) is 40.4 Å². The molecule has 6 heteroatoms. The maximum absolute atomic E-state index is 10.8. The van der Waals surface area contributed by atoms with Crippen molar-refractivity contribution < 1.29 is 14.2 Å². The summed E-state index contributed by atoms with van der Waals surface area (Å²) in [6, 6.07) is 7.88. The molecule has 2 aromatic rings. The molecule has 0 fully saturated rings. The van der Waals surface area contributed by atoms with Crippen LogP contribution >= 0.6 is 0 Å². The fourth-order valence-electron chi connectivity index (χ4n) is 1.45. The van der Waals surface area contributed by atoms with E-state index in [0.717, 1.165) is 0 Å². The second kappa shape index (κ2) is 4.65. The Bertz CT molecular complexity index is 536. The number of benzene rings is 1. The van der Waals surface area contributed by atoms with Crippen molar-refractivity contribution in [2.75, 3.05) is 6.61 Å². The molecule has 0 radical (unpaired) electrons. The molecule has 6 nitrogen and oxygen atoms in total. The van der Waals surface area contributed by atoms with Gasteiger partial charge in [-0.3, -0.25) is 10.1 Å². The predicted molar refractivity (Wildman–Crippen MR) is 59.8 cm³/mol. The third-order valence-corrected chi connectivity index (χ3v) is 2.15. The summed E-state index contributed by atoms with van der Waals surface area (Å²) in [6.07, 6.45) is 0. The lowest BCUT2D eigenvalue weighted by Gasteiger charge is -1.96. The number of aromatic nitrogens is 1. The Kier molecular flexibility index (Phi) is 3.04. The predicted octanol–water partition coefficient (Wildman–Crippen LogP) is 2.65. The van der Waals surface area contributed by atoms with Gasteiger partial charge in [0.05, 0.1) is 23.2 Å². The molecule has 0 unspecified atom stereocenters. The Morgan fingerprint density at radius 2 is 2.24 bits per heavy atom. The number of nitrogens with zero attached hydrogens (tertiary/aromatic N) is 2. The van der Waals surface area contributed by atoms with Crippen molar-refractivity contribution >= 4 is 5.69 Å². The molecule has 17 heavy (non-hydrogen) atoms. The molecular formula is C11H10N2O4. The molecule has 2 rings (SSSR count). The lowest BCUT2D eigenvalue weighted by molar-refractivity contribution is -0.384. The molecule has 0 saturated heterocycles. The highest BCUT2D eigenvalue weighted by atomic mass is 16.6. The number of hydrogen-bond donors (Lipinski definition) is 0. The van der Waals surface area contributed by atoms with E-state index in [1.807, 2.05) is 6.92 Å². The summed E-state index contributed by atoms with van der Waals surface area (Å²) in [5.74, 6) is 0.251. The molecule has 0 amide bonds. The Labute approximate surface area is 97.0 Å². The Hall–Kier alpha value is -2.37. The van der Waals surface area contributed by atoms with Gasteiger partial charge in [0.2, 0.25) is 0 Å². The first kappa shape index (κ1) is 11.1. The fraction of sp³-hybridized carbons (Fsp3) is 0.182. The van der Waals surface area contributed by atoms with E-state index in [-0.39, 0.29) is 11.6 Å². The second-order valence-corrected chi connectivity index (χ2v) is 3.24. The van der Waals surface area contributed by atoms with Gasteiger partial charge in [0.15, 0.2) is 0 Å². The number of rotatable bonds is 4. The van der Waals surface area contributed by atoms with Crippen LogP contribution < -0.4 is 4.74 Å². The lowest BCUT2D eigenvalue weighted by atomic mass is 10.1. The zero-order valence-electron chi connectivity index (χ0n) is 9.12.